The van der Waals surface area contributed by atoms with Gasteiger partial charge in [-0.15, -0.1) is 0 Å². The molecule has 0 spiro atoms. The number of nitrogens with one attached hydrogen (secondary N) is 1. The van der Waals surface area contributed by atoms with E-state index in [0.717, 1.165) is 30.0 Å². The van der Waals surface area contributed by atoms with E-state index >= 15 is 0 Å². The first-order valence-electron chi connectivity index (χ1n) is 6.81. The molecular weight excluding hydrogens is 212 g/mol. The third-order valence-corrected chi connectivity index (χ3v) is 4.77. The van der Waals surface area contributed by atoms with Gasteiger partial charge in [-0.05, 0) is 37.6 Å². The van der Waals surface area contributed by atoms with Gasteiger partial charge in [0, 0.05) is 19.5 Å². The third-order valence-electron chi connectivity index (χ3n) is 4.77. The summed E-state index contributed by atoms with van der Waals surface area (Å²) in [7, 11) is 4.07. The minimum atomic E-state index is 0.589. The first kappa shape index (κ1) is 11.2. The van der Waals surface area contributed by atoms with Crippen LogP contribution in [-0.2, 0) is 13.5 Å². The van der Waals surface area contributed by atoms with Crippen LogP contribution in [0, 0.1) is 17.8 Å². The van der Waals surface area contributed by atoms with Gasteiger partial charge in [-0.25, -0.2) is 4.98 Å². The summed E-state index contributed by atoms with van der Waals surface area (Å²) in [4.78, 5) is 4.34. The predicted octanol–water partition coefficient (Wildman–Crippen LogP) is 1.38. The van der Waals surface area contributed by atoms with Crippen LogP contribution < -0.4 is 5.32 Å². The Labute approximate surface area is 103 Å². The average Bonchev–Trinajstić information content (AvgIpc) is 2.94. The number of nitrogens with zero attached hydrogens (tertiary/aromatic N) is 3. The predicted molar refractivity (Wildman–Crippen MR) is 66.5 cm³/mol. The van der Waals surface area contributed by atoms with Gasteiger partial charge in [0.15, 0.2) is 0 Å². The zero-order valence-electron chi connectivity index (χ0n) is 10.8. The molecule has 0 aliphatic heterocycles. The Morgan fingerprint density at radius 3 is 2.65 bits per heavy atom. The molecule has 2 saturated carbocycles. The molecule has 0 bridgehead atoms. The van der Waals surface area contributed by atoms with Crippen LogP contribution in [0.2, 0.25) is 0 Å². The van der Waals surface area contributed by atoms with Gasteiger partial charge in [0.05, 0.1) is 0 Å². The fourth-order valence-corrected chi connectivity index (χ4v) is 3.78. The number of aromatic nitrogens is 3. The molecule has 0 aromatic carbocycles. The summed E-state index contributed by atoms with van der Waals surface area (Å²) >= 11 is 0. The number of hydrogen-bond donors (Lipinski definition) is 1. The minimum Gasteiger partial charge on any atom is -0.316 e. The monoisotopic (exact) mass is 234 g/mol. The van der Waals surface area contributed by atoms with Gasteiger partial charge in [-0.2, -0.15) is 5.10 Å². The van der Waals surface area contributed by atoms with Crippen molar-refractivity contribution in [3.8, 4) is 0 Å². The molecule has 1 N–H and O–H groups in total. The topological polar surface area (TPSA) is 42.7 Å². The van der Waals surface area contributed by atoms with Crippen molar-refractivity contribution < 1.29 is 0 Å². The lowest BCUT2D eigenvalue weighted by Gasteiger charge is -2.15. The largest absolute Gasteiger partial charge is 0.316 e. The Morgan fingerprint density at radius 2 is 2.12 bits per heavy atom. The summed E-state index contributed by atoms with van der Waals surface area (Å²) in [5.41, 5.74) is 0. The molecule has 4 heteroatoms. The van der Waals surface area contributed by atoms with E-state index in [1.807, 2.05) is 11.7 Å². The highest BCUT2D eigenvalue weighted by Crippen LogP contribution is 2.57. The summed E-state index contributed by atoms with van der Waals surface area (Å²) < 4.78 is 1.90. The fourth-order valence-electron chi connectivity index (χ4n) is 3.78. The summed E-state index contributed by atoms with van der Waals surface area (Å²) in [6, 6.07) is 0.589. The quantitative estimate of drug-likeness (QED) is 0.856. The van der Waals surface area contributed by atoms with Crippen molar-refractivity contribution >= 4 is 0 Å². The Morgan fingerprint density at radius 1 is 1.41 bits per heavy atom. The van der Waals surface area contributed by atoms with Crippen LogP contribution in [0.5, 0.6) is 0 Å². The first-order chi connectivity index (χ1) is 8.31. The summed E-state index contributed by atoms with van der Waals surface area (Å²) in [6.07, 6.45) is 8.46. The molecule has 3 atom stereocenters. The van der Waals surface area contributed by atoms with Crippen molar-refractivity contribution in [1.29, 1.82) is 0 Å². The van der Waals surface area contributed by atoms with Crippen molar-refractivity contribution in [2.24, 2.45) is 24.8 Å². The standard InChI is InChI=1S/C13H22N4/c1-14-11(7-12-15-8-16-17(12)2)13-9-5-3-4-6-10(9)13/h8-11,13-14H,3-7H2,1-2H3. The van der Waals surface area contributed by atoms with Crippen molar-refractivity contribution in [3.63, 3.8) is 0 Å². The van der Waals surface area contributed by atoms with Crippen LogP contribution in [0.25, 0.3) is 0 Å². The number of likely N-dealkylation sites (N-methyl/N-ethyl adjacent to an activating group) is 1. The highest BCUT2D eigenvalue weighted by Gasteiger charge is 2.53. The smallest absolute Gasteiger partial charge is 0.138 e. The van der Waals surface area contributed by atoms with Crippen LogP contribution in [0.1, 0.15) is 31.5 Å². The second kappa shape index (κ2) is 4.41. The molecule has 94 valence electrons. The third kappa shape index (κ3) is 1.99. The van der Waals surface area contributed by atoms with Crippen molar-refractivity contribution in [2.75, 3.05) is 7.05 Å². The van der Waals surface area contributed by atoms with E-state index in [-0.39, 0.29) is 0 Å². The number of fused-ring (bicyclic) bond motifs is 1. The average molecular weight is 234 g/mol. The van der Waals surface area contributed by atoms with Gasteiger partial charge >= 0.3 is 0 Å². The van der Waals surface area contributed by atoms with Crippen LogP contribution in [-0.4, -0.2) is 27.9 Å². The molecule has 3 rings (SSSR count). The molecule has 0 amide bonds. The van der Waals surface area contributed by atoms with E-state index in [0.29, 0.717) is 6.04 Å². The summed E-state index contributed by atoms with van der Waals surface area (Å²) in [6.45, 7) is 0. The van der Waals surface area contributed by atoms with Crippen LogP contribution in [0.3, 0.4) is 0 Å². The maximum Gasteiger partial charge on any atom is 0.138 e. The fraction of sp³-hybridized carbons (Fsp3) is 0.846. The second-order valence-electron chi connectivity index (χ2n) is 5.59. The van der Waals surface area contributed by atoms with Gasteiger partial charge in [-0.1, -0.05) is 12.8 Å². The van der Waals surface area contributed by atoms with Crippen molar-refractivity contribution in [2.45, 2.75) is 38.1 Å². The highest BCUT2D eigenvalue weighted by molar-refractivity contribution is 5.06. The van der Waals surface area contributed by atoms with E-state index in [9.17, 15) is 0 Å². The molecule has 2 aliphatic carbocycles. The molecule has 4 nitrogen and oxygen atoms in total. The molecule has 17 heavy (non-hydrogen) atoms. The molecule has 1 heterocycles. The van der Waals surface area contributed by atoms with E-state index in [4.69, 9.17) is 0 Å². The molecule has 1 aromatic heterocycles. The normalized spacial score (nSPS) is 33.2. The Kier molecular flexibility index (Phi) is 2.90. The molecule has 2 fully saturated rings. The van der Waals surface area contributed by atoms with Gasteiger partial charge in [0.25, 0.3) is 0 Å². The number of aryl methyl sites for hydroxylation is 1. The van der Waals surface area contributed by atoms with Crippen molar-refractivity contribution in [3.05, 3.63) is 12.2 Å². The molecular formula is C13H22N4. The molecule has 1 aromatic rings. The Hall–Kier alpha value is -0.900. The van der Waals surface area contributed by atoms with Crippen LogP contribution in [0.15, 0.2) is 6.33 Å². The van der Waals surface area contributed by atoms with E-state index in [2.05, 4.69) is 22.4 Å². The van der Waals surface area contributed by atoms with E-state index in [1.54, 1.807) is 6.33 Å². The molecule has 0 saturated heterocycles. The maximum absolute atomic E-state index is 4.34. The Balaban J connectivity index is 1.66. The van der Waals surface area contributed by atoms with E-state index in [1.165, 1.54) is 25.7 Å². The van der Waals surface area contributed by atoms with Gasteiger partial charge in [0.2, 0.25) is 0 Å². The van der Waals surface area contributed by atoms with E-state index < -0.39 is 0 Å². The molecule has 2 aliphatic rings. The van der Waals surface area contributed by atoms with Crippen LogP contribution in [0.4, 0.5) is 0 Å². The number of hydrogen-bond acceptors (Lipinski definition) is 3. The number of rotatable bonds is 4. The summed E-state index contributed by atoms with van der Waals surface area (Å²) in [5.74, 6) is 3.98. The zero-order valence-corrected chi connectivity index (χ0v) is 10.8. The maximum atomic E-state index is 4.34. The van der Waals surface area contributed by atoms with Gasteiger partial charge in [0.1, 0.15) is 12.2 Å². The SMILES string of the molecule is CNC(Cc1ncnn1C)C1C2CCCCC21. The lowest BCUT2D eigenvalue weighted by Crippen LogP contribution is -2.32. The molecule has 0 radical (unpaired) electrons. The minimum absolute atomic E-state index is 0.589. The zero-order chi connectivity index (χ0) is 11.8. The van der Waals surface area contributed by atoms with Crippen molar-refractivity contribution in [1.82, 2.24) is 20.1 Å². The lowest BCUT2D eigenvalue weighted by atomic mass is 10.0. The lowest BCUT2D eigenvalue weighted by molar-refractivity contribution is 0.444. The highest BCUT2D eigenvalue weighted by atomic mass is 15.3. The first-order valence-corrected chi connectivity index (χ1v) is 6.81. The van der Waals surface area contributed by atoms with Gasteiger partial charge in [-0.3, -0.25) is 4.68 Å². The van der Waals surface area contributed by atoms with Gasteiger partial charge < -0.3 is 5.32 Å². The van der Waals surface area contributed by atoms with Crippen LogP contribution >= 0.6 is 0 Å². The summed E-state index contributed by atoms with van der Waals surface area (Å²) in [5, 5.41) is 7.66. The second-order valence-corrected chi connectivity index (χ2v) is 5.59. The molecule has 3 unspecified atom stereocenters. The Bertz CT molecular complexity index is 375.